The van der Waals surface area contributed by atoms with Crippen LogP contribution in [0.3, 0.4) is 0 Å². The molecule has 8 nitrogen and oxygen atoms in total. The van der Waals surface area contributed by atoms with E-state index in [1.165, 1.54) is 0 Å². The van der Waals surface area contributed by atoms with Crippen LogP contribution < -0.4 is 15.5 Å². The van der Waals surface area contributed by atoms with Crippen molar-refractivity contribution in [1.82, 2.24) is 15.3 Å². The Morgan fingerprint density at radius 1 is 1.06 bits per heavy atom. The third kappa shape index (κ3) is 4.67. The fourth-order valence-corrected chi connectivity index (χ4v) is 5.08. The van der Waals surface area contributed by atoms with Gasteiger partial charge in [-0.2, -0.15) is 0 Å². The molecule has 34 heavy (non-hydrogen) atoms. The van der Waals surface area contributed by atoms with Crippen LogP contribution in [0.5, 0.6) is 0 Å². The molecule has 0 aliphatic carbocycles. The predicted octanol–water partition coefficient (Wildman–Crippen LogP) is 4.13. The number of pyridine rings is 2. The minimum Gasteiger partial charge on any atom is -0.357 e. The highest BCUT2D eigenvalue weighted by atomic mass is 32.2. The van der Waals surface area contributed by atoms with E-state index < -0.39 is 0 Å². The van der Waals surface area contributed by atoms with Gasteiger partial charge in [0, 0.05) is 55.1 Å². The smallest absolute Gasteiger partial charge is 0.257 e. The summed E-state index contributed by atoms with van der Waals surface area (Å²) in [5.74, 6) is 1.06. The van der Waals surface area contributed by atoms with Crippen LogP contribution >= 0.6 is 11.8 Å². The molecule has 0 bridgehead atoms. The Morgan fingerprint density at radius 2 is 1.85 bits per heavy atom. The normalized spacial score (nSPS) is 16.8. The zero-order valence-corrected chi connectivity index (χ0v) is 19.8. The summed E-state index contributed by atoms with van der Waals surface area (Å²) in [6.07, 6.45) is 5.70. The lowest BCUT2D eigenvalue weighted by molar-refractivity contribution is 0.102. The van der Waals surface area contributed by atoms with Crippen molar-refractivity contribution in [2.45, 2.75) is 19.8 Å². The zero-order chi connectivity index (χ0) is 23.7. The standard InChI is InChI=1S/C25H27N7OS/c1-16(26)34-23(27)17-2-3-19-13-30-21(11-20(19)10-17)31-24(33)18-4-7-29-22(12-18)32-8-5-25(6-9-32)14-28-15-25/h2-4,7,10-13,26-28H,5-6,8-9,14-15H2,1H3,(H,30,31,33). The summed E-state index contributed by atoms with van der Waals surface area (Å²) in [6, 6.07) is 11.0. The molecule has 1 aromatic carbocycles. The van der Waals surface area contributed by atoms with Crippen LogP contribution in [-0.2, 0) is 0 Å². The number of nitrogens with one attached hydrogen (secondary N) is 4. The number of carbonyl (C=O) groups is 1. The first kappa shape index (κ1) is 22.5. The monoisotopic (exact) mass is 473 g/mol. The first-order chi connectivity index (χ1) is 16.4. The van der Waals surface area contributed by atoms with E-state index in [0.717, 1.165) is 72.9 Å². The highest BCUT2D eigenvalue weighted by molar-refractivity contribution is 8.26. The Morgan fingerprint density at radius 3 is 2.56 bits per heavy atom. The summed E-state index contributed by atoms with van der Waals surface area (Å²) in [4.78, 5) is 24.1. The number of amides is 1. The average Bonchev–Trinajstić information content (AvgIpc) is 2.82. The average molecular weight is 474 g/mol. The van der Waals surface area contributed by atoms with Crippen molar-refractivity contribution in [3.05, 3.63) is 59.9 Å². The van der Waals surface area contributed by atoms with Crippen LogP contribution in [0.2, 0.25) is 0 Å². The molecule has 4 heterocycles. The van der Waals surface area contributed by atoms with Crippen LogP contribution in [0, 0.1) is 16.2 Å². The van der Waals surface area contributed by atoms with E-state index in [-0.39, 0.29) is 5.91 Å². The number of rotatable bonds is 4. The maximum Gasteiger partial charge on any atom is 0.257 e. The second-order valence-corrected chi connectivity index (χ2v) is 10.3. The topological polar surface area (TPSA) is 118 Å². The third-order valence-corrected chi connectivity index (χ3v) is 7.38. The van der Waals surface area contributed by atoms with Gasteiger partial charge in [0.1, 0.15) is 16.7 Å². The SMILES string of the molecule is CC(=N)SC(=N)c1ccc2cnc(NC(=O)c3ccnc(N4CCC5(CC4)CNC5)c3)cc2c1. The molecule has 2 saturated heterocycles. The van der Waals surface area contributed by atoms with Gasteiger partial charge >= 0.3 is 0 Å². The molecule has 0 unspecified atom stereocenters. The largest absolute Gasteiger partial charge is 0.357 e. The van der Waals surface area contributed by atoms with E-state index in [2.05, 4.69) is 25.5 Å². The van der Waals surface area contributed by atoms with E-state index in [1.54, 1.807) is 25.4 Å². The maximum absolute atomic E-state index is 13.0. The van der Waals surface area contributed by atoms with Crippen LogP contribution in [0.1, 0.15) is 35.7 Å². The summed E-state index contributed by atoms with van der Waals surface area (Å²) < 4.78 is 0. The van der Waals surface area contributed by atoms with Gasteiger partial charge in [0.25, 0.3) is 5.91 Å². The van der Waals surface area contributed by atoms with Crippen molar-refractivity contribution in [2.75, 3.05) is 36.4 Å². The molecule has 2 aliphatic rings. The molecule has 9 heteroatoms. The molecule has 1 amide bonds. The number of thioether (sulfide) groups is 1. The Kier molecular flexibility index (Phi) is 6.05. The van der Waals surface area contributed by atoms with Gasteiger partial charge in [-0.15, -0.1) is 0 Å². The van der Waals surface area contributed by atoms with Crippen molar-refractivity contribution in [1.29, 1.82) is 10.8 Å². The Hall–Kier alpha value is -3.30. The van der Waals surface area contributed by atoms with Crippen molar-refractivity contribution in [3.63, 3.8) is 0 Å². The zero-order valence-electron chi connectivity index (χ0n) is 19.0. The summed E-state index contributed by atoms with van der Waals surface area (Å²) in [5.41, 5.74) is 1.74. The number of piperidine rings is 1. The van der Waals surface area contributed by atoms with Gasteiger partial charge in [-0.3, -0.25) is 15.6 Å². The molecule has 5 rings (SSSR count). The number of carbonyl (C=O) groups excluding carboxylic acids is 1. The van der Waals surface area contributed by atoms with Crippen LogP contribution in [0.15, 0.2) is 48.8 Å². The molecule has 3 aromatic rings. The van der Waals surface area contributed by atoms with Gasteiger partial charge in [0.2, 0.25) is 0 Å². The number of hydrogen-bond donors (Lipinski definition) is 4. The van der Waals surface area contributed by atoms with E-state index in [4.69, 9.17) is 10.8 Å². The van der Waals surface area contributed by atoms with Crippen molar-refractivity contribution >= 4 is 50.2 Å². The molecule has 4 N–H and O–H groups in total. The number of fused-ring (bicyclic) bond motifs is 1. The summed E-state index contributed by atoms with van der Waals surface area (Å²) in [5, 5.41) is 24.5. The Labute approximate surface area is 202 Å². The minimum atomic E-state index is -0.231. The predicted molar refractivity (Wildman–Crippen MR) is 139 cm³/mol. The lowest BCUT2D eigenvalue weighted by atomic mass is 9.73. The van der Waals surface area contributed by atoms with Crippen molar-refractivity contribution < 1.29 is 4.79 Å². The molecule has 0 atom stereocenters. The highest BCUT2D eigenvalue weighted by Gasteiger charge is 2.39. The van der Waals surface area contributed by atoms with Crippen LogP contribution in [0.4, 0.5) is 11.6 Å². The quantitative estimate of drug-likeness (QED) is 0.334. The maximum atomic E-state index is 13.0. The van der Waals surface area contributed by atoms with Crippen LogP contribution in [-0.4, -0.2) is 52.1 Å². The number of benzene rings is 1. The second kappa shape index (κ2) is 9.15. The molecule has 1 spiro atoms. The van der Waals surface area contributed by atoms with Gasteiger partial charge in [-0.25, -0.2) is 9.97 Å². The van der Waals surface area contributed by atoms with E-state index in [0.29, 0.717) is 26.9 Å². The fourth-order valence-electron chi connectivity index (χ4n) is 4.53. The summed E-state index contributed by atoms with van der Waals surface area (Å²) in [7, 11) is 0. The molecule has 2 fully saturated rings. The number of anilines is 2. The molecule has 0 radical (unpaired) electrons. The lowest BCUT2D eigenvalue weighted by Gasteiger charge is -2.48. The molecular weight excluding hydrogens is 446 g/mol. The summed E-state index contributed by atoms with van der Waals surface area (Å²) >= 11 is 1.11. The second-order valence-electron chi connectivity index (χ2n) is 9.07. The first-order valence-electron chi connectivity index (χ1n) is 11.4. The molecular formula is C25H27N7OS. The van der Waals surface area contributed by atoms with E-state index >= 15 is 0 Å². The number of hydrogen-bond acceptors (Lipinski definition) is 8. The Balaban J connectivity index is 1.30. The van der Waals surface area contributed by atoms with Crippen LogP contribution in [0.25, 0.3) is 10.8 Å². The fraction of sp³-hybridized carbons (Fsp3) is 0.320. The van der Waals surface area contributed by atoms with Gasteiger partial charge in [-0.05, 0) is 54.8 Å². The van der Waals surface area contributed by atoms with E-state index in [9.17, 15) is 4.79 Å². The van der Waals surface area contributed by atoms with Gasteiger partial charge in [-0.1, -0.05) is 23.9 Å². The van der Waals surface area contributed by atoms with Gasteiger partial charge in [0.05, 0.1) is 5.04 Å². The van der Waals surface area contributed by atoms with Gasteiger partial charge < -0.3 is 15.5 Å². The van der Waals surface area contributed by atoms with E-state index in [1.807, 2.05) is 30.3 Å². The minimum absolute atomic E-state index is 0.231. The first-order valence-corrected chi connectivity index (χ1v) is 12.2. The number of nitrogens with zero attached hydrogens (tertiary/aromatic N) is 3. The van der Waals surface area contributed by atoms with Crippen molar-refractivity contribution in [2.24, 2.45) is 5.41 Å². The lowest BCUT2D eigenvalue weighted by Crippen LogP contribution is -2.58. The molecule has 0 saturated carbocycles. The highest BCUT2D eigenvalue weighted by Crippen LogP contribution is 2.36. The van der Waals surface area contributed by atoms with Gasteiger partial charge in [0.15, 0.2) is 0 Å². The molecule has 2 aromatic heterocycles. The molecule has 174 valence electrons. The third-order valence-electron chi connectivity index (χ3n) is 6.64. The Bertz CT molecular complexity index is 1280. The van der Waals surface area contributed by atoms with Crippen molar-refractivity contribution in [3.8, 4) is 0 Å². The molecule has 2 aliphatic heterocycles. The number of aromatic nitrogens is 2. The summed E-state index contributed by atoms with van der Waals surface area (Å²) in [6.45, 7) is 5.80.